The van der Waals surface area contributed by atoms with Crippen LogP contribution >= 0.6 is 23.2 Å². The van der Waals surface area contributed by atoms with E-state index < -0.39 is 16.1 Å². The summed E-state index contributed by atoms with van der Waals surface area (Å²) in [6, 6.07) is 0. The molecular formula is C12H22Cl2O4. The zero-order valence-corrected chi connectivity index (χ0v) is 12.8. The summed E-state index contributed by atoms with van der Waals surface area (Å²) in [6.45, 7) is 6.96. The van der Waals surface area contributed by atoms with Crippen molar-refractivity contribution < 1.29 is 19.4 Å². The molecule has 0 aromatic heterocycles. The predicted octanol–water partition coefficient (Wildman–Crippen LogP) is 3.03. The fraction of sp³-hybridized carbons (Fsp3) is 0.917. The summed E-state index contributed by atoms with van der Waals surface area (Å²) in [5, 5.41) is 9.32. The molecule has 0 saturated carbocycles. The standard InChI is InChI=1S/C12H22Cl2O4/c1-9(2)18-10(15)12(13,14)7-5-6-8-17-11(3,4)16/h9,16H,5-8H2,1-4H3. The summed E-state index contributed by atoms with van der Waals surface area (Å²) in [4.78, 5) is 11.5. The lowest BCUT2D eigenvalue weighted by Crippen LogP contribution is -2.30. The van der Waals surface area contributed by atoms with Crippen LogP contribution in [-0.4, -0.2) is 33.9 Å². The molecule has 1 N–H and O–H groups in total. The van der Waals surface area contributed by atoms with Crippen LogP contribution < -0.4 is 0 Å². The molecule has 0 radical (unpaired) electrons. The van der Waals surface area contributed by atoms with Gasteiger partial charge in [0.15, 0.2) is 5.79 Å². The molecule has 0 aliphatic carbocycles. The summed E-state index contributed by atoms with van der Waals surface area (Å²) < 4.78 is 8.56. The van der Waals surface area contributed by atoms with Crippen molar-refractivity contribution in [2.75, 3.05) is 6.61 Å². The second-order valence-corrected chi connectivity index (χ2v) is 6.39. The van der Waals surface area contributed by atoms with Crippen molar-refractivity contribution in [3.63, 3.8) is 0 Å². The minimum atomic E-state index is -1.51. The van der Waals surface area contributed by atoms with Crippen LogP contribution in [0, 0.1) is 0 Å². The van der Waals surface area contributed by atoms with Gasteiger partial charge in [0.1, 0.15) is 0 Å². The number of esters is 1. The molecule has 0 rings (SSSR count). The molecule has 0 atom stereocenters. The molecule has 0 bridgehead atoms. The van der Waals surface area contributed by atoms with Crippen LogP contribution in [0.2, 0.25) is 0 Å². The Balaban J connectivity index is 3.87. The molecule has 0 unspecified atom stereocenters. The first-order valence-corrected chi connectivity index (χ1v) is 6.75. The van der Waals surface area contributed by atoms with Crippen LogP contribution in [0.3, 0.4) is 0 Å². The van der Waals surface area contributed by atoms with E-state index in [1.54, 1.807) is 27.7 Å². The number of carbonyl (C=O) groups excluding carboxylic acids is 1. The first-order valence-electron chi connectivity index (χ1n) is 6.00. The number of ether oxygens (including phenoxy) is 2. The van der Waals surface area contributed by atoms with Gasteiger partial charge in [0.2, 0.25) is 4.33 Å². The zero-order chi connectivity index (χ0) is 14.4. The van der Waals surface area contributed by atoms with Gasteiger partial charge in [0.25, 0.3) is 0 Å². The topological polar surface area (TPSA) is 55.8 Å². The highest BCUT2D eigenvalue weighted by atomic mass is 35.5. The number of unbranched alkanes of at least 4 members (excludes halogenated alkanes) is 1. The fourth-order valence-electron chi connectivity index (χ4n) is 1.17. The van der Waals surface area contributed by atoms with Gasteiger partial charge in [-0.3, -0.25) is 0 Å². The van der Waals surface area contributed by atoms with Crippen molar-refractivity contribution in [3.8, 4) is 0 Å². The molecule has 108 valence electrons. The second kappa shape index (κ2) is 7.53. The number of rotatable bonds is 8. The number of alkyl halides is 2. The van der Waals surface area contributed by atoms with Crippen LogP contribution in [0.5, 0.6) is 0 Å². The molecule has 0 aromatic rings. The number of hydrogen-bond donors (Lipinski definition) is 1. The Hall–Kier alpha value is -0.0300. The Morgan fingerprint density at radius 3 is 2.28 bits per heavy atom. The van der Waals surface area contributed by atoms with Crippen molar-refractivity contribution in [3.05, 3.63) is 0 Å². The third-order valence-corrected chi connectivity index (χ3v) is 2.67. The van der Waals surface area contributed by atoms with Crippen LogP contribution in [0.4, 0.5) is 0 Å². The van der Waals surface area contributed by atoms with Crippen molar-refractivity contribution in [1.82, 2.24) is 0 Å². The van der Waals surface area contributed by atoms with E-state index in [1.165, 1.54) is 0 Å². The van der Waals surface area contributed by atoms with Gasteiger partial charge in [-0.25, -0.2) is 4.79 Å². The maximum atomic E-state index is 11.5. The van der Waals surface area contributed by atoms with E-state index in [4.69, 9.17) is 32.7 Å². The summed E-state index contributed by atoms with van der Waals surface area (Å²) in [5.74, 6) is -1.76. The van der Waals surface area contributed by atoms with E-state index in [9.17, 15) is 9.90 Å². The first-order chi connectivity index (χ1) is 8.04. The summed E-state index contributed by atoms with van der Waals surface area (Å²) >= 11 is 11.8. The van der Waals surface area contributed by atoms with Gasteiger partial charge in [-0.1, -0.05) is 23.2 Å². The SMILES string of the molecule is CC(C)OC(=O)C(Cl)(Cl)CCCCOC(C)(C)O. The minimum Gasteiger partial charge on any atom is -0.461 e. The number of aliphatic hydroxyl groups is 1. The van der Waals surface area contributed by atoms with Gasteiger partial charge in [0, 0.05) is 6.61 Å². The summed E-state index contributed by atoms with van der Waals surface area (Å²) in [5.41, 5.74) is 0. The van der Waals surface area contributed by atoms with E-state index in [-0.39, 0.29) is 12.5 Å². The van der Waals surface area contributed by atoms with E-state index >= 15 is 0 Å². The molecule has 0 spiro atoms. The molecule has 18 heavy (non-hydrogen) atoms. The van der Waals surface area contributed by atoms with E-state index in [0.29, 0.717) is 19.4 Å². The van der Waals surface area contributed by atoms with Gasteiger partial charge >= 0.3 is 5.97 Å². The van der Waals surface area contributed by atoms with E-state index in [2.05, 4.69) is 0 Å². The quantitative estimate of drug-likeness (QED) is 0.324. The monoisotopic (exact) mass is 300 g/mol. The highest BCUT2D eigenvalue weighted by Gasteiger charge is 2.35. The Morgan fingerprint density at radius 2 is 1.83 bits per heavy atom. The van der Waals surface area contributed by atoms with Crippen molar-refractivity contribution >= 4 is 29.2 Å². The van der Waals surface area contributed by atoms with Gasteiger partial charge in [-0.2, -0.15) is 0 Å². The van der Waals surface area contributed by atoms with Gasteiger partial charge in [-0.15, -0.1) is 0 Å². The molecular weight excluding hydrogens is 279 g/mol. The third kappa shape index (κ3) is 8.97. The Morgan fingerprint density at radius 1 is 1.28 bits per heavy atom. The van der Waals surface area contributed by atoms with Crippen LogP contribution in [0.25, 0.3) is 0 Å². The highest BCUT2D eigenvalue weighted by Crippen LogP contribution is 2.29. The number of carbonyl (C=O) groups is 1. The largest absolute Gasteiger partial charge is 0.461 e. The van der Waals surface area contributed by atoms with Gasteiger partial charge < -0.3 is 14.6 Å². The van der Waals surface area contributed by atoms with Crippen LogP contribution in [-0.2, 0) is 14.3 Å². The average molecular weight is 301 g/mol. The van der Waals surface area contributed by atoms with Crippen LogP contribution in [0.1, 0.15) is 47.0 Å². The molecule has 0 aliphatic rings. The predicted molar refractivity (Wildman–Crippen MR) is 71.8 cm³/mol. The van der Waals surface area contributed by atoms with Crippen LogP contribution in [0.15, 0.2) is 0 Å². The van der Waals surface area contributed by atoms with Crippen molar-refractivity contribution in [1.29, 1.82) is 0 Å². The Kier molecular flexibility index (Phi) is 7.52. The lowest BCUT2D eigenvalue weighted by Gasteiger charge is -2.20. The summed E-state index contributed by atoms with van der Waals surface area (Å²) in [6.07, 6.45) is 1.31. The lowest BCUT2D eigenvalue weighted by molar-refractivity contribution is -0.176. The molecule has 6 heteroatoms. The Labute approximate surface area is 119 Å². The number of halogens is 2. The first kappa shape index (κ1) is 18.0. The second-order valence-electron chi connectivity index (χ2n) is 4.91. The molecule has 0 aromatic carbocycles. The molecule has 0 amide bonds. The fourth-order valence-corrected chi connectivity index (χ4v) is 1.53. The molecule has 0 aliphatic heterocycles. The van der Waals surface area contributed by atoms with Crippen molar-refractivity contribution in [2.24, 2.45) is 0 Å². The Bertz CT molecular complexity index is 259. The normalized spacial score (nSPS) is 12.9. The van der Waals surface area contributed by atoms with Gasteiger partial charge in [0.05, 0.1) is 6.10 Å². The molecule has 0 fully saturated rings. The zero-order valence-electron chi connectivity index (χ0n) is 11.3. The lowest BCUT2D eigenvalue weighted by atomic mass is 10.2. The van der Waals surface area contributed by atoms with E-state index in [0.717, 1.165) is 0 Å². The van der Waals surface area contributed by atoms with Crippen molar-refractivity contribution in [2.45, 2.75) is 63.2 Å². The number of hydrogen-bond acceptors (Lipinski definition) is 4. The molecule has 0 saturated heterocycles. The maximum absolute atomic E-state index is 11.5. The third-order valence-electron chi connectivity index (χ3n) is 1.98. The maximum Gasteiger partial charge on any atom is 0.342 e. The summed E-state index contributed by atoms with van der Waals surface area (Å²) in [7, 11) is 0. The highest BCUT2D eigenvalue weighted by molar-refractivity contribution is 6.57. The minimum absolute atomic E-state index is 0.243. The molecule has 0 heterocycles. The molecule has 4 nitrogen and oxygen atoms in total. The average Bonchev–Trinajstić information content (AvgIpc) is 2.13. The van der Waals surface area contributed by atoms with Gasteiger partial charge in [-0.05, 0) is 47.0 Å². The van der Waals surface area contributed by atoms with E-state index in [1.807, 2.05) is 0 Å². The smallest absolute Gasteiger partial charge is 0.342 e.